The van der Waals surface area contributed by atoms with Gasteiger partial charge in [-0.25, -0.2) is 4.39 Å². The Morgan fingerprint density at radius 1 is 1.24 bits per heavy atom. The van der Waals surface area contributed by atoms with Crippen molar-refractivity contribution in [3.63, 3.8) is 0 Å². The van der Waals surface area contributed by atoms with Gasteiger partial charge in [0.1, 0.15) is 5.82 Å². The van der Waals surface area contributed by atoms with Crippen LogP contribution < -0.4 is 5.32 Å². The predicted octanol–water partition coefficient (Wildman–Crippen LogP) is 1.22. The van der Waals surface area contributed by atoms with Crippen molar-refractivity contribution < 1.29 is 14.6 Å². The van der Waals surface area contributed by atoms with Gasteiger partial charge >= 0.3 is 0 Å². The first kappa shape index (κ1) is 12.5. The Kier molecular flexibility index (Phi) is 4.10. The predicted molar refractivity (Wildman–Crippen MR) is 63.0 cm³/mol. The third-order valence-electron chi connectivity index (χ3n) is 3.12. The summed E-state index contributed by atoms with van der Waals surface area (Å²) in [6.07, 6.45) is 0.947. The van der Waals surface area contributed by atoms with E-state index in [4.69, 9.17) is 0 Å². The molecule has 3 N–H and O–H groups in total. The van der Waals surface area contributed by atoms with Gasteiger partial charge in [-0.15, -0.1) is 0 Å². The molecular weight excluding hydrogens is 221 g/mol. The fourth-order valence-corrected chi connectivity index (χ4v) is 1.87. The number of rotatable bonds is 6. The van der Waals surface area contributed by atoms with Crippen molar-refractivity contribution in [2.24, 2.45) is 5.92 Å². The summed E-state index contributed by atoms with van der Waals surface area (Å²) >= 11 is 0. The van der Waals surface area contributed by atoms with Crippen molar-refractivity contribution in [1.82, 2.24) is 5.32 Å². The van der Waals surface area contributed by atoms with Crippen molar-refractivity contribution in [1.29, 1.82) is 0 Å². The molecule has 1 aromatic rings. The molecule has 94 valence electrons. The topological polar surface area (TPSA) is 52.5 Å². The van der Waals surface area contributed by atoms with Gasteiger partial charge in [0.05, 0.1) is 12.2 Å². The minimum atomic E-state index is -0.873. The number of hydrogen-bond acceptors (Lipinski definition) is 3. The van der Waals surface area contributed by atoms with Crippen LogP contribution in [-0.2, 0) is 0 Å². The molecule has 17 heavy (non-hydrogen) atoms. The average molecular weight is 239 g/mol. The molecule has 2 rings (SSSR count). The van der Waals surface area contributed by atoms with E-state index in [0.29, 0.717) is 18.0 Å². The minimum Gasteiger partial charge on any atom is -0.392 e. The largest absolute Gasteiger partial charge is 0.392 e. The number of nitrogens with one attached hydrogen (secondary N) is 1. The van der Waals surface area contributed by atoms with Crippen molar-refractivity contribution in [3.8, 4) is 0 Å². The standard InChI is InChI=1S/C13H18FNO2/c14-11-4-2-1-3-10(11)13(17)8-15-7-12(16)9-5-6-9/h1-4,9,12-13,15-17H,5-8H2. The maximum Gasteiger partial charge on any atom is 0.129 e. The van der Waals surface area contributed by atoms with Crippen LogP contribution in [0.2, 0.25) is 0 Å². The summed E-state index contributed by atoms with van der Waals surface area (Å²) in [5, 5.41) is 22.4. The molecular formula is C13H18FNO2. The zero-order valence-electron chi connectivity index (χ0n) is 9.64. The lowest BCUT2D eigenvalue weighted by Gasteiger charge is -2.15. The number of benzene rings is 1. The van der Waals surface area contributed by atoms with E-state index in [0.717, 1.165) is 12.8 Å². The van der Waals surface area contributed by atoms with Gasteiger partial charge < -0.3 is 15.5 Å². The number of halogens is 1. The molecule has 0 aromatic heterocycles. The Morgan fingerprint density at radius 2 is 1.94 bits per heavy atom. The second-order valence-corrected chi connectivity index (χ2v) is 4.60. The van der Waals surface area contributed by atoms with Crippen molar-refractivity contribution in [2.75, 3.05) is 13.1 Å². The second kappa shape index (κ2) is 5.58. The van der Waals surface area contributed by atoms with Crippen LogP contribution in [0.5, 0.6) is 0 Å². The summed E-state index contributed by atoms with van der Waals surface area (Å²) < 4.78 is 13.3. The molecule has 3 nitrogen and oxygen atoms in total. The van der Waals surface area contributed by atoms with Crippen LogP contribution in [0.15, 0.2) is 24.3 Å². The van der Waals surface area contributed by atoms with E-state index in [1.165, 1.54) is 6.07 Å². The summed E-state index contributed by atoms with van der Waals surface area (Å²) in [7, 11) is 0. The van der Waals surface area contributed by atoms with E-state index in [1.807, 2.05) is 0 Å². The minimum absolute atomic E-state index is 0.255. The van der Waals surface area contributed by atoms with Crippen LogP contribution in [0, 0.1) is 11.7 Å². The first-order valence-corrected chi connectivity index (χ1v) is 5.99. The molecule has 1 fully saturated rings. The molecule has 2 unspecified atom stereocenters. The van der Waals surface area contributed by atoms with Crippen molar-refractivity contribution in [3.05, 3.63) is 35.6 Å². The monoisotopic (exact) mass is 239 g/mol. The van der Waals surface area contributed by atoms with E-state index in [1.54, 1.807) is 18.2 Å². The Morgan fingerprint density at radius 3 is 2.59 bits per heavy atom. The van der Waals surface area contributed by atoms with Crippen molar-refractivity contribution >= 4 is 0 Å². The molecule has 1 aromatic carbocycles. The number of aliphatic hydroxyl groups excluding tert-OH is 2. The third-order valence-corrected chi connectivity index (χ3v) is 3.12. The molecule has 0 heterocycles. The van der Waals surface area contributed by atoms with Crippen LogP contribution in [0.1, 0.15) is 24.5 Å². The molecule has 4 heteroatoms. The quantitative estimate of drug-likeness (QED) is 0.699. The molecule has 0 saturated heterocycles. The average Bonchev–Trinajstić information content (AvgIpc) is 3.13. The van der Waals surface area contributed by atoms with Crippen LogP contribution in [0.4, 0.5) is 4.39 Å². The zero-order chi connectivity index (χ0) is 12.3. The van der Waals surface area contributed by atoms with Crippen LogP contribution in [-0.4, -0.2) is 29.4 Å². The molecule has 0 amide bonds. The van der Waals surface area contributed by atoms with Gasteiger partial charge in [-0.05, 0) is 24.8 Å². The highest BCUT2D eigenvalue weighted by Gasteiger charge is 2.29. The highest BCUT2D eigenvalue weighted by Crippen LogP contribution is 2.32. The summed E-state index contributed by atoms with van der Waals surface area (Å²) in [4.78, 5) is 0. The normalized spacial score (nSPS) is 19.0. The summed E-state index contributed by atoms with van der Waals surface area (Å²) in [5.41, 5.74) is 0.293. The van der Waals surface area contributed by atoms with Crippen molar-refractivity contribution in [2.45, 2.75) is 25.0 Å². The van der Waals surface area contributed by atoms with E-state index < -0.39 is 11.9 Å². The molecule has 1 aliphatic carbocycles. The van der Waals surface area contributed by atoms with E-state index >= 15 is 0 Å². The van der Waals surface area contributed by atoms with Gasteiger partial charge in [-0.3, -0.25) is 0 Å². The van der Waals surface area contributed by atoms with Crippen LogP contribution >= 0.6 is 0 Å². The third kappa shape index (κ3) is 3.49. The Balaban J connectivity index is 1.76. The lowest BCUT2D eigenvalue weighted by Crippen LogP contribution is -2.31. The van der Waals surface area contributed by atoms with Crippen LogP contribution in [0.3, 0.4) is 0 Å². The number of hydrogen-bond donors (Lipinski definition) is 3. The van der Waals surface area contributed by atoms with Gasteiger partial charge in [0.15, 0.2) is 0 Å². The van der Waals surface area contributed by atoms with E-state index in [-0.39, 0.29) is 12.6 Å². The summed E-state index contributed by atoms with van der Waals surface area (Å²) in [6.45, 7) is 0.709. The molecule has 0 radical (unpaired) electrons. The van der Waals surface area contributed by atoms with Gasteiger partial charge in [-0.1, -0.05) is 18.2 Å². The molecule has 0 aliphatic heterocycles. The molecule has 1 aliphatic rings. The van der Waals surface area contributed by atoms with Gasteiger partial charge in [0.25, 0.3) is 0 Å². The van der Waals surface area contributed by atoms with Gasteiger partial charge in [0, 0.05) is 18.7 Å². The first-order chi connectivity index (χ1) is 8.18. The fourth-order valence-electron chi connectivity index (χ4n) is 1.87. The molecule has 2 atom stereocenters. The Labute approximate surface area is 100 Å². The summed E-state index contributed by atoms with van der Waals surface area (Å²) in [6, 6.07) is 6.19. The Hall–Kier alpha value is -0.970. The van der Waals surface area contributed by atoms with Gasteiger partial charge in [0.2, 0.25) is 0 Å². The SMILES string of the molecule is OC(CNCC(O)C1CC1)c1ccccc1F. The highest BCUT2D eigenvalue weighted by molar-refractivity contribution is 5.19. The lowest BCUT2D eigenvalue weighted by atomic mass is 10.1. The fraction of sp³-hybridized carbons (Fsp3) is 0.538. The van der Waals surface area contributed by atoms with Crippen LogP contribution in [0.25, 0.3) is 0 Å². The first-order valence-electron chi connectivity index (χ1n) is 5.99. The number of aliphatic hydroxyl groups is 2. The molecule has 1 saturated carbocycles. The second-order valence-electron chi connectivity index (χ2n) is 4.60. The Bertz CT molecular complexity index is 368. The van der Waals surface area contributed by atoms with Gasteiger partial charge in [-0.2, -0.15) is 0 Å². The zero-order valence-corrected chi connectivity index (χ0v) is 9.64. The maximum atomic E-state index is 13.3. The van der Waals surface area contributed by atoms with E-state index in [9.17, 15) is 14.6 Å². The van der Waals surface area contributed by atoms with E-state index in [2.05, 4.69) is 5.32 Å². The molecule has 0 spiro atoms. The molecule has 0 bridgehead atoms. The smallest absolute Gasteiger partial charge is 0.129 e. The summed E-state index contributed by atoms with van der Waals surface area (Å²) in [5.74, 6) is 0.0117. The maximum absolute atomic E-state index is 13.3. The highest BCUT2D eigenvalue weighted by atomic mass is 19.1. The lowest BCUT2D eigenvalue weighted by molar-refractivity contribution is 0.131.